The Morgan fingerprint density at radius 1 is 0.973 bits per heavy atom. The van der Waals surface area contributed by atoms with Crippen LogP contribution in [0.3, 0.4) is 0 Å². The van der Waals surface area contributed by atoms with E-state index >= 15 is 0 Å². The predicted octanol–water partition coefficient (Wildman–Crippen LogP) is 5.93. The fraction of sp³-hybridized carbons (Fsp3) is 0.655. The number of aromatic nitrogens is 2. The molecule has 2 heterocycles. The molecule has 5 nitrogen and oxygen atoms in total. The van der Waals surface area contributed by atoms with Crippen molar-refractivity contribution < 1.29 is 18.0 Å². The number of halogens is 3. The lowest BCUT2D eigenvalue weighted by atomic mass is 9.53. The molecule has 1 aromatic heterocycles. The van der Waals surface area contributed by atoms with Gasteiger partial charge in [-0.2, -0.15) is 18.3 Å². The molecule has 1 amide bonds. The fourth-order valence-electron chi connectivity index (χ4n) is 7.99. The molecular formula is C29H37F3N4O. The molecule has 4 saturated carbocycles. The molecule has 4 aliphatic carbocycles. The van der Waals surface area contributed by atoms with Crippen molar-refractivity contribution in [1.82, 2.24) is 20.4 Å². The number of benzene rings is 1. The first-order valence-corrected chi connectivity index (χ1v) is 13.7. The van der Waals surface area contributed by atoms with Crippen molar-refractivity contribution in [3.63, 3.8) is 0 Å². The van der Waals surface area contributed by atoms with Gasteiger partial charge in [-0.3, -0.25) is 14.8 Å². The highest BCUT2D eigenvalue weighted by molar-refractivity contribution is 5.83. The lowest BCUT2D eigenvalue weighted by Crippen LogP contribution is -2.62. The molecule has 1 saturated heterocycles. The SMILES string of the molecule is CC(C)(C)n1ccc([C@@H]2C[C@@H](C(=O)NC34CC5CC(CC(C5)C3)C4)N[C@H]2c2ccc(C(F)(F)F)cc2)n1. The summed E-state index contributed by atoms with van der Waals surface area (Å²) in [6, 6.07) is 6.60. The smallest absolute Gasteiger partial charge is 0.349 e. The van der Waals surface area contributed by atoms with Crippen LogP contribution < -0.4 is 10.6 Å². The minimum Gasteiger partial charge on any atom is -0.349 e. The van der Waals surface area contributed by atoms with Crippen molar-refractivity contribution in [2.75, 3.05) is 0 Å². The average molecular weight is 515 g/mol. The van der Waals surface area contributed by atoms with Gasteiger partial charge in [0.25, 0.3) is 0 Å². The molecule has 0 unspecified atom stereocenters. The Morgan fingerprint density at radius 2 is 1.57 bits per heavy atom. The van der Waals surface area contributed by atoms with E-state index in [1.54, 1.807) is 0 Å². The Labute approximate surface area is 216 Å². The van der Waals surface area contributed by atoms with E-state index in [9.17, 15) is 18.0 Å². The van der Waals surface area contributed by atoms with E-state index < -0.39 is 17.8 Å². The molecule has 0 radical (unpaired) electrons. The zero-order valence-corrected chi connectivity index (χ0v) is 21.8. The van der Waals surface area contributed by atoms with Crippen molar-refractivity contribution in [2.24, 2.45) is 17.8 Å². The average Bonchev–Trinajstić information content (AvgIpc) is 3.45. The van der Waals surface area contributed by atoms with Crippen LogP contribution in [0.15, 0.2) is 36.5 Å². The number of carbonyl (C=O) groups excluding carboxylic acids is 1. The van der Waals surface area contributed by atoms with E-state index in [1.807, 2.05) is 16.9 Å². The van der Waals surface area contributed by atoms with Gasteiger partial charge in [0.05, 0.1) is 22.8 Å². The topological polar surface area (TPSA) is 59.0 Å². The van der Waals surface area contributed by atoms with Gasteiger partial charge in [-0.05, 0) is 107 Å². The van der Waals surface area contributed by atoms with Gasteiger partial charge in [0.1, 0.15) is 0 Å². The van der Waals surface area contributed by atoms with Crippen LogP contribution in [0.4, 0.5) is 13.2 Å². The predicted molar refractivity (Wildman–Crippen MR) is 135 cm³/mol. The van der Waals surface area contributed by atoms with Crippen LogP contribution in [-0.2, 0) is 16.5 Å². The number of nitrogens with one attached hydrogen (secondary N) is 2. The molecule has 4 bridgehead atoms. The van der Waals surface area contributed by atoms with Crippen molar-refractivity contribution in [3.05, 3.63) is 53.3 Å². The van der Waals surface area contributed by atoms with Crippen LogP contribution in [0.1, 0.15) is 94.5 Å². The summed E-state index contributed by atoms with van der Waals surface area (Å²) >= 11 is 0. The number of alkyl halides is 3. The van der Waals surface area contributed by atoms with Crippen LogP contribution in [0.5, 0.6) is 0 Å². The molecule has 8 heteroatoms. The van der Waals surface area contributed by atoms with Gasteiger partial charge in [0.15, 0.2) is 0 Å². The zero-order valence-electron chi connectivity index (χ0n) is 21.8. The molecule has 3 atom stereocenters. The van der Waals surface area contributed by atoms with E-state index in [4.69, 9.17) is 5.10 Å². The van der Waals surface area contributed by atoms with Gasteiger partial charge in [0, 0.05) is 23.7 Å². The highest BCUT2D eigenvalue weighted by Crippen LogP contribution is 2.55. The van der Waals surface area contributed by atoms with Crippen LogP contribution in [0.25, 0.3) is 0 Å². The van der Waals surface area contributed by atoms with Crippen molar-refractivity contribution >= 4 is 5.91 Å². The van der Waals surface area contributed by atoms with Gasteiger partial charge in [-0.1, -0.05) is 12.1 Å². The number of hydrogen-bond donors (Lipinski definition) is 2. The maximum atomic E-state index is 13.7. The van der Waals surface area contributed by atoms with E-state index in [1.165, 1.54) is 31.4 Å². The Bertz CT molecular complexity index is 1130. The lowest BCUT2D eigenvalue weighted by Gasteiger charge is -2.57. The van der Waals surface area contributed by atoms with E-state index in [0.717, 1.165) is 60.4 Å². The van der Waals surface area contributed by atoms with Crippen LogP contribution in [0.2, 0.25) is 0 Å². The third-order valence-corrected chi connectivity index (χ3v) is 9.29. The standard InChI is InChI=1S/C29H37F3N4O/c1-27(2,3)36-9-8-23(35-36)22-13-24(33-25(22)20-4-6-21(7-5-20)29(30,31)32)26(37)34-28-14-17-10-18(15-28)12-19(11-17)16-28/h4-9,17-19,22,24-25,33H,10-16H2,1-3H3,(H,34,37)/t17?,18?,19?,22-,24-,25-,28?/m0/s1. The summed E-state index contributed by atoms with van der Waals surface area (Å²) in [5, 5.41) is 11.8. The third kappa shape index (κ3) is 4.70. The van der Waals surface area contributed by atoms with E-state index in [0.29, 0.717) is 6.42 Å². The third-order valence-electron chi connectivity index (χ3n) is 9.29. The van der Waals surface area contributed by atoms with Gasteiger partial charge in [-0.15, -0.1) is 0 Å². The number of hydrogen-bond acceptors (Lipinski definition) is 3. The Morgan fingerprint density at radius 3 is 2.08 bits per heavy atom. The molecule has 37 heavy (non-hydrogen) atoms. The molecule has 5 aliphatic rings. The quantitative estimate of drug-likeness (QED) is 0.532. The highest BCUT2D eigenvalue weighted by Gasteiger charge is 2.52. The van der Waals surface area contributed by atoms with Crippen LogP contribution in [0, 0.1) is 17.8 Å². The molecule has 1 aliphatic heterocycles. The maximum absolute atomic E-state index is 13.7. The van der Waals surface area contributed by atoms with Crippen LogP contribution in [-0.4, -0.2) is 27.3 Å². The van der Waals surface area contributed by atoms with E-state index in [2.05, 4.69) is 31.4 Å². The second kappa shape index (κ2) is 8.58. The van der Waals surface area contributed by atoms with Crippen molar-refractivity contribution in [1.29, 1.82) is 0 Å². The minimum atomic E-state index is -4.38. The normalized spacial score (nSPS) is 35.2. The Balaban J connectivity index is 1.25. The molecule has 2 aromatic rings. The number of amides is 1. The largest absolute Gasteiger partial charge is 0.416 e. The number of nitrogens with zero attached hydrogens (tertiary/aromatic N) is 2. The first-order valence-electron chi connectivity index (χ1n) is 13.7. The Kier molecular flexibility index (Phi) is 5.79. The Hall–Kier alpha value is -2.35. The van der Waals surface area contributed by atoms with Crippen molar-refractivity contribution in [3.8, 4) is 0 Å². The lowest BCUT2D eigenvalue weighted by molar-refractivity contribution is -0.137. The second-order valence-corrected chi connectivity index (χ2v) is 13.2. The van der Waals surface area contributed by atoms with E-state index in [-0.39, 0.29) is 28.9 Å². The summed E-state index contributed by atoms with van der Waals surface area (Å²) < 4.78 is 41.5. The number of carbonyl (C=O) groups is 1. The molecular weight excluding hydrogens is 477 g/mol. The fourth-order valence-corrected chi connectivity index (χ4v) is 7.99. The van der Waals surface area contributed by atoms with Crippen LogP contribution >= 0.6 is 0 Å². The van der Waals surface area contributed by atoms with Gasteiger partial charge < -0.3 is 5.32 Å². The highest BCUT2D eigenvalue weighted by atomic mass is 19.4. The first kappa shape index (κ1) is 25.0. The molecule has 7 rings (SSSR count). The minimum absolute atomic E-state index is 0.0246. The summed E-state index contributed by atoms with van der Waals surface area (Å²) in [6.45, 7) is 6.23. The second-order valence-electron chi connectivity index (χ2n) is 13.2. The molecule has 2 N–H and O–H groups in total. The molecule has 5 fully saturated rings. The maximum Gasteiger partial charge on any atom is 0.416 e. The molecule has 1 aromatic carbocycles. The van der Waals surface area contributed by atoms with Gasteiger partial charge >= 0.3 is 6.18 Å². The summed E-state index contributed by atoms with van der Waals surface area (Å²) in [5.74, 6) is 2.11. The molecule has 200 valence electrons. The first-order chi connectivity index (χ1) is 17.4. The monoisotopic (exact) mass is 514 g/mol. The number of rotatable bonds is 4. The summed E-state index contributed by atoms with van der Waals surface area (Å²) in [4.78, 5) is 13.7. The van der Waals surface area contributed by atoms with Gasteiger partial charge in [-0.25, -0.2) is 0 Å². The van der Waals surface area contributed by atoms with Gasteiger partial charge in [0.2, 0.25) is 5.91 Å². The zero-order chi connectivity index (χ0) is 26.2. The molecule has 0 spiro atoms. The summed E-state index contributed by atoms with van der Waals surface area (Å²) in [7, 11) is 0. The summed E-state index contributed by atoms with van der Waals surface area (Å²) in [6.07, 6.45) is 5.30. The summed E-state index contributed by atoms with van der Waals surface area (Å²) in [5.41, 5.74) is 0.664. The van der Waals surface area contributed by atoms with Crippen molar-refractivity contribution in [2.45, 2.75) is 101 Å².